The molecule has 1 aromatic rings. The molecule has 0 atom stereocenters. The van der Waals surface area contributed by atoms with Crippen LogP contribution < -0.4 is 4.90 Å². The van der Waals surface area contributed by atoms with E-state index < -0.39 is 0 Å². The third kappa shape index (κ3) is 3.94. The van der Waals surface area contributed by atoms with Gasteiger partial charge in [-0.15, -0.1) is 11.3 Å². The topological polar surface area (TPSA) is 39.6 Å². The van der Waals surface area contributed by atoms with Gasteiger partial charge < -0.3 is 10.0 Å². The molecule has 17 heavy (non-hydrogen) atoms. The van der Waals surface area contributed by atoms with E-state index in [1.807, 2.05) is 11.6 Å². The molecule has 1 aliphatic heterocycles. The van der Waals surface area contributed by atoms with Gasteiger partial charge in [-0.25, -0.2) is 4.98 Å². The zero-order valence-corrected chi connectivity index (χ0v) is 11.0. The standard InChI is InChI=1S/C12H21N3OS/c16-10-3-1-2-5-14-6-8-15(9-7-14)12-13-4-11-17-12/h4,11,16H,1-3,5-10H2. The van der Waals surface area contributed by atoms with Crippen molar-refractivity contribution in [3.63, 3.8) is 0 Å². The van der Waals surface area contributed by atoms with Crippen molar-refractivity contribution >= 4 is 16.5 Å². The normalized spacial score (nSPS) is 17.6. The second-order valence-corrected chi connectivity index (χ2v) is 5.30. The molecule has 0 saturated carbocycles. The molecule has 1 aliphatic rings. The lowest BCUT2D eigenvalue weighted by Crippen LogP contribution is -2.46. The lowest BCUT2D eigenvalue weighted by molar-refractivity contribution is 0.242. The summed E-state index contributed by atoms with van der Waals surface area (Å²) in [5.74, 6) is 0. The van der Waals surface area contributed by atoms with E-state index in [0.717, 1.165) is 44.2 Å². The molecule has 0 aromatic carbocycles. The van der Waals surface area contributed by atoms with Crippen molar-refractivity contribution in [3.05, 3.63) is 11.6 Å². The van der Waals surface area contributed by atoms with Crippen molar-refractivity contribution in [2.75, 3.05) is 44.2 Å². The van der Waals surface area contributed by atoms with E-state index in [1.54, 1.807) is 11.3 Å². The molecule has 2 rings (SSSR count). The number of nitrogens with zero attached hydrogens (tertiary/aromatic N) is 3. The van der Waals surface area contributed by atoms with Gasteiger partial charge in [-0.3, -0.25) is 4.90 Å². The fourth-order valence-electron chi connectivity index (χ4n) is 2.16. The molecular formula is C12H21N3OS. The van der Waals surface area contributed by atoms with Crippen molar-refractivity contribution in [3.8, 4) is 0 Å². The van der Waals surface area contributed by atoms with E-state index >= 15 is 0 Å². The van der Waals surface area contributed by atoms with Gasteiger partial charge in [0.25, 0.3) is 0 Å². The van der Waals surface area contributed by atoms with Gasteiger partial charge in [0.05, 0.1) is 0 Å². The first-order chi connectivity index (χ1) is 8.40. The van der Waals surface area contributed by atoms with Crippen LogP contribution in [0.4, 0.5) is 5.13 Å². The van der Waals surface area contributed by atoms with E-state index in [4.69, 9.17) is 5.11 Å². The van der Waals surface area contributed by atoms with E-state index in [2.05, 4.69) is 14.8 Å². The summed E-state index contributed by atoms with van der Waals surface area (Å²) < 4.78 is 0. The van der Waals surface area contributed by atoms with Gasteiger partial charge in [0, 0.05) is 44.4 Å². The summed E-state index contributed by atoms with van der Waals surface area (Å²) in [5.41, 5.74) is 0. The molecule has 4 nitrogen and oxygen atoms in total. The number of thiazole rings is 1. The minimum Gasteiger partial charge on any atom is -0.396 e. The predicted molar refractivity (Wildman–Crippen MR) is 71.7 cm³/mol. The highest BCUT2D eigenvalue weighted by atomic mass is 32.1. The molecule has 1 aromatic heterocycles. The molecular weight excluding hydrogens is 234 g/mol. The second kappa shape index (κ2) is 6.93. The Morgan fingerprint density at radius 1 is 1.18 bits per heavy atom. The maximum absolute atomic E-state index is 8.72. The Bertz CT molecular complexity index is 297. The number of hydrogen-bond acceptors (Lipinski definition) is 5. The van der Waals surface area contributed by atoms with Crippen molar-refractivity contribution < 1.29 is 5.11 Å². The number of piperazine rings is 1. The number of aromatic nitrogens is 1. The highest BCUT2D eigenvalue weighted by Gasteiger charge is 2.17. The molecule has 0 radical (unpaired) electrons. The first-order valence-electron chi connectivity index (χ1n) is 6.38. The zero-order chi connectivity index (χ0) is 11.9. The van der Waals surface area contributed by atoms with E-state index in [1.165, 1.54) is 13.0 Å². The monoisotopic (exact) mass is 255 g/mol. The Balaban J connectivity index is 1.64. The second-order valence-electron chi connectivity index (χ2n) is 4.43. The first-order valence-corrected chi connectivity index (χ1v) is 7.26. The Morgan fingerprint density at radius 3 is 2.65 bits per heavy atom. The van der Waals surface area contributed by atoms with Crippen LogP contribution in [0.2, 0.25) is 0 Å². The number of aliphatic hydroxyl groups is 1. The maximum atomic E-state index is 8.72. The Labute approximate surface area is 107 Å². The Morgan fingerprint density at radius 2 is 2.00 bits per heavy atom. The van der Waals surface area contributed by atoms with Crippen LogP contribution in [0.5, 0.6) is 0 Å². The van der Waals surface area contributed by atoms with Crippen LogP contribution in [0.3, 0.4) is 0 Å². The van der Waals surface area contributed by atoms with Crippen LogP contribution in [-0.2, 0) is 0 Å². The van der Waals surface area contributed by atoms with Crippen LogP contribution in [-0.4, -0.2) is 54.3 Å². The molecule has 0 amide bonds. The molecule has 1 fully saturated rings. The molecule has 1 saturated heterocycles. The molecule has 2 heterocycles. The summed E-state index contributed by atoms with van der Waals surface area (Å²) in [5, 5.41) is 11.9. The fourth-order valence-corrected chi connectivity index (χ4v) is 2.86. The van der Waals surface area contributed by atoms with Crippen LogP contribution in [0.25, 0.3) is 0 Å². The highest BCUT2D eigenvalue weighted by molar-refractivity contribution is 7.13. The minimum atomic E-state index is 0.331. The largest absolute Gasteiger partial charge is 0.396 e. The smallest absolute Gasteiger partial charge is 0.185 e. The lowest BCUT2D eigenvalue weighted by Gasteiger charge is -2.34. The zero-order valence-electron chi connectivity index (χ0n) is 10.2. The molecule has 0 unspecified atom stereocenters. The average Bonchev–Trinajstić information content (AvgIpc) is 2.89. The summed E-state index contributed by atoms with van der Waals surface area (Å²) in [7, 11) is 0. The number of hydrogen-bond donors (Lipinski definition) is 1. The molecule has 96 valence electrons. The van der Waals surface area contributed by atoms with Gasteiger partial charge >= 0.3 is 0 Å². The summed E-state index contributed by atoms with van der Waals surface area (Å²) in [6.45, 7) is 5.96. The van der Waals surface area contributed by atoms with Crippen LogP contribution >= 0.6 is 11.3 Å². The molecule has 0 aliphatic carbocycles. The van der Waals surface area contributed by atoms with Gasteiger partial charge in [0.2, 0.25) is 0 Å². The Kier molecular flexibility index (Phi) is 5.22. The molecule has 5 heteroatoms. The maximum Gasteiger partial charge on any atom is 0.185 e. The van der Waals surface area contributed by atoms with Crippen LogP contribution in [0.15, 0.2) is 11.6 Å². The van der Waals surface area contributed by atoms with E-state index in [0.29, 0.717) is 6.61 Å². The van der Waals surface area contributed by atoms with Crippen LogP contribution in [0, 0.1) is 0 Å². The van der Waals surface area contributed by atoms with Crippen molar-refractivity contribution in [2.24, 2.45) is 0 Å². The third-order valence-electron chi connectivity index (χ3n) is 3.19. The summed E-state index contributed by atoms with van der Waals surface area (Å²) in [6, 6.07) is 0. The lowest BCUT2D eigenvalue weighted by atomic mass is 10.2. The van der Waals surface area contributed by atoms with Gasteiger partial charge in [-0.2, -0.15) is 0 Å². The Hall–Kier alpha value is -0.650. The minimum absolute atomic E-state index is 0.331. The summed E-state index contributed by atoms with van der Waals surface area (Å²) >= 11 is 1.72. The van der Waals surface area contributed by atoms with Crippen molar-refractivity contribution in [2.45, 2.75) is 19.3 Å². The first kappa shape index (κ1) is 12.8. The predicted octanol–water partition coefficient (Wildman–Crippen LogP) is 1.43. The molecule has 0 bridgehead atoms. The highest BCUT2D eigenvalue weighted by Crippen LogP contribution is 2.18. The molecule has 1 N–H and O–H groups in total. The third-order valence-corrected chi connectivity index (χ3v) is 4.03. The SMILES string of the molecule is OCCCCCN1CCN(c2nccs2)CC1. The summed E-state index contributed by atoms with van der Waals surface area (Å²) in [4.78, 5) is 9.23. The average molecular weight is 255 g/mol. The van der Waals surface area contributed by atoms with Gasteiger partial charge in [-0.05, 0) is 25.8 Å². The number of aliphatic hydroxyl groups excluding tert-OH is 1. The van der Waals surface area contributed by atoms with Gasteiger partial charge in [0.1, 0.15) is 0 Å². The number of unbranched alkanes of at least 4 members (excludes halogenated alkanes) is 2. The molecule has 0 spiro atoms. The van der Waals surface area contributed by atoms with E-state index in [-0.39, 0.29) is 0 Å². The quantitative estimate of drug-likeness (QED) is 0.781. The van der Waals surface area contributed by atoms with E-state index in [9.17, 15) is 0 Å². The summed E-state index contributed by atoms with van der Waals surface area (Å²) in [6.07, 6.45) is 5.17. The van der Waals surface area contributed by atoms with Gasteiger partial charge in [0.15, 0.2) is 5.13 Å². The number of rotatable bonds is 6. The van der Waals surface area contributed by atoms with Gasteiger partial charge in [-0.1, -0.05) is 0 Å². The van der Waals surface area contributed by atoms with Crippen LogP contribution in [0.1, 0.15) is 19.3 Å². The number of anilines is 1. The van der Waals surface area contributed by atoms with Crippen molar-refractivity contribution in [1.29, 1.82) is 0 Å². The fraction of sp³-hybridized carbons (Fsp3) is 0.750. The van der Waals surface area contributed by atoms with Crippen molar-refractivity contribution in [1.82, 2.24) is 9.88 Å².